The predicted octanol–water partition coefficient (Wildman–Crippen LogP) is 1.09. The number of amides is 4. The van der Waals surface area contributed by atoms with Gasteiger partial charge < -0.3 is 10.2 Å². The van der Waals surface area contributed by atoms with Crippen molar-refractivity contribution in [1.29, 1.82) is 0 Å². The summed E-state index contributed by atoms with van der Waals surface area (Å²) in [5.41, 5.74) is 2.02. The van der Waals surface area contributed by atoms with Gasteiger partial charge in [0.25, 0.3) is 11.8 Å². The van der Waals surface area contributed by atoms with Crippen molar-refractivity contribution < 1.29 is 14.4 Å². The predicted molar refractivity (Wildman–Crippen MR) is 115 cm³/mol. The van der Waals surface area contributed by atoms with E-state index in [1.807, 2.05) is 48.2 Å². The second kappa shape index (κ2) is 8.73. The topological polar surface area (TPSA) is 97.9 Å². The first kappa shape index (κ1) is 20.8. The van der Waals surface area contributed by atoms with Gasteiger partial charge in [0.05, 0.1) is 6.54 Å². The standard InChI is InChI=1S/C22H26N6O3/c1-2-22(17-8-4-3-5-9-17)20(30)28(21(31)24-22)25-19(29)16-26-12-14-27(15-13-26)18-10-6-7-11-23-18/h3-11H,2,12-16H2,1H3,(H,24,31)(H,25,29)/t22-/m1/s1. The van der Waals surface area contributed by atoms with Crippen LogP contribution in [0.4, 0.5) is 10.6 Å². The van der Waals surface area contributed by atoms with Gasteiger partial charge in [-0.2, -0.15) is 5.01 Å². The van der Waals surface area contributed by atoms with Gasteiger partial charge in [0, 0.05) is 32.4 Å². The van der Waals surface area contributed by atoms with E-state index in [-0.39, 0.29) is 6.54 Å². The Kier molecular flexibility index (Phi) is 5.85. The number of hydrogen-bond acceptors (Lipinski definition) is 6. The summed E-state index contributed by atoms with van der Waals surface area (Å²) in [6, 6.07) is 14.3. The van der Waals surface area contributed by atoms with Gasteiger partial charge >= 0.3 is 6.03 Å². The van der Waals surface area contributed by atoms with Crippen LogP contribution in [0.25, 0.3) is 0 Å². The molecule has 4 amide bonds. The first-order valence-electron chi connectivity index (χ1n) is 10.4. The van der Waals surface area contributed by atoms with Crippen LogP contribution in [0.3, 0.4) is 0 Å². The highest BCUT2D eigenvalue weighted by Gasteiger charge is 2.52. The number of pyridine rings is 1. The number of piperazine rings is 1. The van der Waals surface area contributed by atoms with E-state index in [4.69, 9.17) is 0 Å². The molecule has 1 aromatic heterocycles. The van der Waals surface area contributed by atoms with Crippen molar-refractivity contribution in [3.05, 3.63) is 60.3 Å². The Morgan fingerprint density at radius 2 is 1.77 bits per heavy atom. The maximum absolute atomic E-state index is 13.1. The molecule has 0 bridgehead atoms. The molecule has 2 aromatic rings. The number of nitrogens with one attached hydrogen (secondary N) is 2. The minimum Gasteiger partial charge on any atom is -0.354 e. The zero-order valence-corrected chi connectivity index (χ0v) is 17.5. The Morgan fingerprint density at radius 3 is 2.42 bits per heavy atom. The minimum atomic E-state index is -1.17. The van der Waals surface area contributed by atoms with Gasteiger partial charge in [0.15, 0.2) is 0 Å². The molecule has 0 spiro atoms. The highest BCUT2D eigenvalue weighted by atomic mass is 16.2. The lowest BCUT2D eigenvalue weighted by Gasteiger charge is -2.35. The number of carbonyl (C=O) groups excluding carboxylic acids is 3. The van der Waals surface area contributed by atoms with E-state index in [0.29, 0.717) is 25.1 Å². The van der Waals surface area contributed by atoms with Crippen molar-refractivity contribution in [3.8, 4) is 0 Å². The number of rotatable bonds is 6. The molecule has 31 heavy (non-hydrogen) atoms. The number of carbonyl (C=O) groups is 3. The molecule has 1 aromatic carbocycles. The van der Waals surface area contributed by atoms with Gasteiger partial charge in [-0.05, 0) is 24.1 Å². The van der Waals surface area contributed by atoms with Gasteiger partial charge in [0.1, 0.15) is 11.4 Å². The van der Waals surface area contributed by atoms with Crippen LogP contribution in [-0.2, 0) is 15.1 Å². The van der Waals surface area contributed by atoms with Crippen LogP contribution in [0.2, 0.25) is 0 Å². The molecule has 2 aliphatic heterocycles. The molecule has 9 heteroatoms. The summed E-state index contributed by atoms with van der Waals surface area (Å²) in [4.78, 5) is 46.7. The maximum atomic E-state index is 13.1. The van der Waals surface area contributed by atoms with E-state index >= 15 is 0 Å². The summed E-state index contributed by atoms with van der Waals surface area (Å²) in [7, 11) is 0. The minimum absolute atomic E-state index is 0.109. The molecular weight excluding hydrogens is 396 g/mol. The average molecular weight is 422 g/mol. The molecule has 0 aliphatic carbocycles. The number of urea groups is 1. The molecule has 2 N–H and O–H groups in total. The molecule has 3 heterocycles. The second-order valence-corrected chi connectivity index (χ2v) is 7.68. The number of benzene rings is 1. The van der Waals surface area contributed by atoms with Crippen LogP contribution in [0.1, 0.15) is 18.9 Å². The molecule has 0 unspecified atom stereocenters. The van der Waals surface area contributed by atoms with Gasteiger partial charge in [-0.1, -0.05) is 43.3 Å². The Morgan fingerprint density at radius 1 is 1.06 bits per heavy atom. The smallest absolute Gasteiger partial charge is 0.344 e. The molecule has 2 fully saturated rings. The largest absolute Gasteiger partial charge is 0.354 e. The second-order valence-electron chi connectivity index (χ2n) is 7.68. The highest BCUT2D eigenvalue weighted by molar-refractivity contribution is 6.08. The summed E-state index contributed by atoms with van der Waals surface area (Å²) in [6.07, 6.45) is 2.14. The zero-order valence-electron chi connectivity index (χ0n) is 17.5. The third kappa shape index (κ3) is 4.09. The van der Waals surface area contributed by atoms with E-state index in [0.717, 1.165) is 23.9 Å². The lowest BCUT2D eigenvalue weighted by molar-refractivity contribution is -0.139. The fourth-order valence-corrected chi connectivity index (χ4v) is 4.08. The lowest BCUT2D eigenvalue weighted by Crippen LogP contribution is -2.54. The van der Waals surface area contributed by atoms with Crippen molar-refractivity contribution in [3.63, 3.8) is 0 Å². The number of imide groups is 1. The fraction of sp³-hybridized carbons (Fsp3) is 0.364. The van der Waals surface area contributed by atoms with Crippen molar-refractivity contribution in [2.45, 2.75) is 18.9 Å². The summed E-state index contributed by atoms with van der Waals surface area (Å²) in [5, 5.41) is 3.57. The van der Waals surface area contributed by atoms with Crippen LogP contribution in [0, 0.1) is 0 Å². The highest BCUT2D eigenvalue weighted by Crippen LogP contribution is 2.31. The Labute approximate surface area is 181 Å². The number of hydrogen-bond donors (Lipinski definition) is 2. The summed E-state index contributed by atoms with van der Waals surface area (Å²) in [5.74, 6) is 0.0528. The van der Waals surface area contributed by atoms with Crippen molar-refractivity contribution >= 4 is 23.7 Å². The van der Waals surface area contributed by atoms with Crippen molar-refractivity contribution in [2.24, 2.45) is 0 Å². The quantitative estimate of drug-likeness (QED) is 0.677. The first-order valence-corrected chi connectivity index (χ1v) is 10.4. The number of aromatic nitrogens is 1. The van der Waals surface area contributed by atoms with Crippen LogP contribution in [-0.4, -0.2) is 65.5 Å². The third-order valence-electron chi connectivity index (χ3n) is 5.84. The number of hydrazine groups is 1. The van der Waals surface area contributed by atoms with Crippen LogP contribution < -0.4 is 15.6 Å². The van der Waals surface area contributed by atoms with Crippen molar-refractivity contribution in [2.75, 3.05) is 37.6 Å². The van der Waals surface area contributed by atoms with Crippen molar-refractivity contribution in [1.82, 2.24) is 25.6 Å². The van der Waals surface area contributed by atoms with Crippen LogP contribution >= 0.6 is 0 Å². The summed E-state index contributed by atoms with van der Waals surface area (Å²) in [6.45, 7) is 4.82. The van der Waals surface area contributed by atoms with E-state index in [2.05, 4.69) is 20.6 Å². The van der Waals surface area contributed by atoms with Gasteiger partial charge in [-0.3, -0.25) is 19.9 Å². The Hall–Kier alpha value is -3.46. The van der Waals surface area contributed by atoms with Crippen LogP contribution in [0.5, 0.6) is 0 Å². The zero-order chi connectivity index (χ0) is 21.8. The van der Waals surface area contributed by atoms with Gasteiger partial charge in [-0.25, -0.2) is 9.78 Å². The molecular formula is C22H26N6O3. The third-order valence-corrected chi connectivity index (χ3v) is 5.84. The van der Waals surface area contributed by atoms with E-state index < -0.39 is 23.4 Å². The van der Waals surface area contributed by atoms with Gasteiger partial charge in [0.2, 0.25) is 0 Å². The molecule has 2 saturated heterocycles. The average Bonchev–Trinajstić information content (AvgIpc) is 3.06. The lowest BCUT2D eigenvalue weighted by atomic mass is 9.87. The Bertz CT molecular complexity index is 946. The summed E-state index contributed by atoms with van der Waals surface area (Å²) < 4.78 is 0. The van der Waals surface area contributed by atoms with Crippen LogP contribution in [0.15, 0.2) is 54.7 Å². The molecule has 2 aliphatic rings. The summed E-state index contributed by atoms with van der Waals surface area (Å²) >= 11 is 0. The van der Waals surface area contributed by atoms with E-state index in [9.17, 15) is 14.4 Å². The Balaban J connectivity index is 1.35. The maximum Gasteiger partial charge on any atom is 0.344 e. The first-order chi connectivity index (χ1) is 15.0. The SMILES string of the molecule is CC[C@]1(c2ccccc2)NC(=O)N(NC(=O)CN2CCN(c3ccccn3)CC2)C1=O. The molecule has 0 saturated carbocycles. The fourth-order valence-electron chi connectivity index (χ4n) is 4.08. The normalized spacial score (nSPS) is 21.8. The monoisotopic (exact) mass is 422 g/mol. The van der Waals surface area contributed by atoms with E-state index in [1.165, 1.54) is 0 Å². The van der Waals surface area contributed by atoms with Gasteiger partial charge in [-0.15, -0.1) is 0 Å². The number of anilines is 1. The molecule has 162 valence electrons. The molecule has 9 nitrogen and oxygen atoms in total. The van der Waals surface area contributed by atoms with E-state index in [1.54, 1.807) is 18.3 Å². The number of nitrogens with zero attached hydrogens (tertiary/aromatic N) is 4. The molecule has 1 atom stereocenters. The molecule has 4 rings (SSSR count). The molecule has 0 radical (unpaired) electrons.